The largest absolute Gasteiger partial charge is 0.506 e. The van der Waals surface area contributed by atoms with E-state index in [4.69, 9.17) is 10.8 Å². The van der Waals surface area contributed by atoms with Gasteiger partial charge in [0.2, 0.25) is 0 Å². The highest BCUT2D eigenvalue weighted by molar-refractivity contribution is 7.89. The first-order valence-corrected chi connectivity index (χ1v) is 5.06. The summed E-state index contributed by atoms with van der Waals surface area (Å²) in [7, 11) is -4.24. The molecule has 0 aliphatic carbocycles. The van der Waals surface area contributed by atoms with Gasteiger partial charge in [0, 0.05) is 0 Å². The molecule has 0 amide bonds. The Hall–Kier alpha value is -2.03. The van der Waals surface area contributed by atoms with Crippen LogP contribution in [0.3, 0.4) is 0 Å². The highest BCUT2D eigenvalue weighted by atomic mass is 32.2. The van der Waals surface area contributed by atoms with Crippen LogP contribution in [0.25, 0.3) is 0 Å². The molecular weight excluding hydrogens is 226 g/mol. The van der Waals surface area contributed by atoms with E-state index in [9.17, 15) is 18.5 Å². The van der Waals surface area contributed by atoms with Crippen LogP contribution in [0.1, 0.15) is 0 Å². The second-order valence-electron chi connectivity index (χ2n) is 2.57. The number of hydrogen-bond acceptors (Lipinski definition) is 6. The minimum atomic E-state index is -4.24. The van der Waals surface area contributed by atoms with Crippen LogP contribution in [0, 0.1) is 10.1 Å². The first-order valence-electron chi connectivity index (χ1n) is 3.58. The molecule has 1 rings (SSSR count). The first-order chi connectivity index (χ1) is 6.83. The Morgan fingerprint density at radius 2 is 2.07 bits per heavy atom. The molecule has 4 N–H and O–H groups in total. The Morgan fingerprint density at radius 1 is 1.47 bits per heavy atom. The lowest BCUT2D eigenvalue weighted by Crippen LogP contribution is -2.29. The molecule has 9 heteroatoms. The average molecular weight is 233 g/mol. The van der Waals surface area contributed by atoms with Crippen molar-refractivity contribution in [3.8, 4) is 5.75 Å². The van der Waals surface area contributed by atoms with Gasteiger partial charge in [0.25, 0.3) is 0 Å². The number of nitro groups is 1. The van der Waals surface area contributed by atoms with Gasteiger partial charge in [-0.3, -0.25) is 0 Å². The van der Waals surface area contributed by atoms with Crippen LogP contribution in [0.4, 0.5) is 5.69 Å². The fourth-order valence-electron chi connectivity index (χ4n) is 0.851. The number of sulfonamides is 1. The van der Waals surface area contributed by atoms with Crippen molar-refractivity contribution in [2.45, 2.75) is 4.90 Å². The molecule has 0 aliphatic heterocycles. The second kappa shape index (κ2) is 3.61. The third-order valence-corrected chi connectivity index (χ3v) is 2.77. The molecule has 0 radical (unpaired) electrons. The molecule has 0 heterocycles. The molecule has 0 unspecified atom stereocenters. The number of phenols is 1. The van der Waals surface area contributed by atoms with E-state index in [0.29, 0.717) is 0 Å². The van der Waals surface area contributed by atoms with Crippen molar-refractivity contribution >= 4 is 15.7 Å². The first kappa shape index (κ1) is 11.0. The Balaban J connectivity index is 3.17. The van der Waals surface area contributed by atoms with Gasteiger partial charge in [-0.1, -0.05) is 0 Å². The van der Waals surface area contributed by atoms with Crippen molar-refractivity contribution in [1.82, 2.24) is 4.83 Å². The van der Waals surface area contributed by atoms with Crippen molar-refractivity contribution in [1.29, 1.82) is 0 Å². The molecule has 0 spiro atoms. The number of aromatic hydroxyl groups is 1. The third kappa shape index (κ3) is 2.47. The minimum Gasteiger partial charge on any atom is -0.506 e. The van der Waals surface area contributed by atoms with Gasteiger partial charge in [-0.05, 0) is 23.0 Å². The van der Waals surface area contributed by atoms with Crippen molar-refractivity contribution in [2.24, 2.45) is 0 Å². The molecule has 1 aromatic rings. The van der Waals surface area contributed by atoms with E-state index < -0.39 is 20.0 Å². The van der Waals surface area contributed by atoms with Gasteiger partial charge in [-0.25, -0.2) is 10.1 Å². The SMILES string of the molecule is Nc1cc(S(=O)(=O)N[N+](=O)[O-])ccc1O. The second-order valence-corrected chi connectivity index (χ2v) is 4.23. The van der Waals surface area contributed by atoms with E-state index >= 15 is 0 Å². The number of hydrogen-bond donors (Lipinski definition) is 3. The predicted molar refractivity (Wildman–Crippen MR) is 49.8 cm³/mol. The number of hydrazine groups is 1. The number of rotatable bonds is 3. The Bertz CT molecular complexity index is 497. The minimum absolute atomic E-state index is 0.179. The molecular formula is C6H7N3O5S. The molecule has 0 bridgehead atoms. The maximum atomic E-state index is 11.2. The molecule has 8 nitrogen and oxygen atoms in total. The Labute approximate surface area is 84.5 Å². The van der Waals surface area contributed by atoms with Crippen molar-refractivity contribution in [3.05, 3.63) is 28.3 Å². The monoisotopic (exact) mass is 233 g/mol. The summed E-state index contributed by atoms with van der Waals surface area (Å²) in [5, 5.41) is 17.8. The smallest absolute Gasteiger partial charge is 0.311 e. The normalized spacial score (nSPS) is 10.9. The molecule has 0 saturated carbocycles. The van der Waals surface area contributed by atoms with Crippen LogP contribution in [0.15, 0.2) is 23.1 Å². The summed E-state index contributed by atoms with van der Waals surface area (Å²) in [4.78, 5) is 10.7. The predicted octanol–water partition coefficient (Wildman–Crippen LogP) is -0.556. The number of benzene rings is 1. The van der Waals surface area contributed by atoms with Crippen LogP contribution in [-0.4, -0.2) is 18.6 Å². The molecule has 1 aromatic carbocycles. The highest BCUT2D eigenvalue weighted by Gasteiger charge is 2.19. The molecule has 0 atom stereocenters. The van der Waals surface area contributed by atoms with Crippen LogP contribution < -0.4 is 10.6 Å². The fourth-order valence-corrected chi connectivity index (χ4v) is 1.68. The quantitative estimate of drug-likeness (QED) is 0.277. The summed E-state index contributed by atoms with van der Waals surface area (Å²) in [5.41, 5.74) is 5.06. The number of nitrogens with one attached hydrogen (secondary N) is 1. The maximum absolute atomic E-state index is 11.2. The lowest BCUT2D eigenvalue weighted by atomic mass is 10.3. The topological polar surface area (TPSA) is 136 Å². The van der Waals surface area contributed by atoms with Gasteiger partial charge in [-0.2, -0.15) is 8.42 Å². The molecule has 15 heavy (non-hydrogen) atoms. The van der Waals surface area contributed by atoms with Gasteiger partial charge < -0.3 is 10.8 Å². The van der Waals surface area contributed by atoms with E-state index in [0.717, 1.165) is 23.0 Å². The van der Waals surface area contributed by atoms with Crippen LogP contribution in [-0.2, 0) is 10.0 Å². The zero-order chi connectivity index (χ0) is 11.6. The third-order valence-electron chi connectivity index (χ3n) is 1.50. The lowest BCUT2D eigenvalue weighted by molar-refractivity contribution is -0.518. The Morgan fingerprint density at radius 3 is 2.53 bits per heavy atom. The number of nitrogens with two attached hydrogens (primary N) is 1. The summed E-state index contributed by atoms with van der Waals surface area (Å²) in [6, 6.07) is 2.95. The number of nitrogens with zero attached hydrogens (tertiary/aromatic N) is 1. The number of nitrogen functional groups attached to an aromatic ring is 1. The highest BCUT2D eigenvalue weighted by Crippen LogP contribution is 2.22. The van der Waals surface area contributed by atoms with Crippen LogP contribution in [0.5, 0.6) is 5.75 Å². The van der Waals surface area contributed by atoms with E-state index in [1.807, 2.05) is 0 Å². The zero-order valence-corrected chi connectivity index (χ0v) is 8.06. The Kier molecular flexibility index (Phi) is 2.66. The summed E-state index contributed by atoms with van der Waals surface area (Å²) in [6.45, 7) is 0. The number of phenolic OH excluding ortho intramolecular Hbond substituents is 1. The molecule has 0 fully saturated rings. The van der Waals surface area contributed by atoms with Crippen molar-refractivity contribution in [3.63, 3.8) is 0 Å². The van der Waals surface area contributed by atoms with Crippen molar-refractivity contribution < 1.29 is 18.6 Å². The average Bonchev–Trinajstić information content (AvgIpc) is 2.07. The summed E-state index contributed by atoms with van der Waals surface area (Å²) >= 11 is 0. The van der Waals surface area contributed by atoms with E-state index in [1.54, 1.807) is 0 Å². The maximum Gasteiger partial charge on any atom is 0.311 e. The summed E-state index contributed by atoms with van der Waals surface area (Å²) in [5.74, 6) is -0.296. The molecule has 0 saturated heterocycles. The van der Waals surface area contributed by atoms with E-state index in [-0.39, 0.29) is 11.4 Å². The molecule has 0 aliphatic rings. The van der Waals surface area contributed by atoms with Crippen molar-refractivity contribution in [2.75, 3.05) is 5.73 Å². The van der Waals surface area contributed by atoms with Gasteiger partial charge in [-0.15, -0.1) is 0 Å². The molecule has 0 aromatic heterocycles. The van der Waals surface area contributed by atoms with Gasteiger partial charge >= 0.3 is 10.0 Å². The summed E-state index contributed by atoms with van der Waals surface area (Å²) < 4.78 is 22.4. The molecule has 82 valence electrons. The lowest BCUT2D eigenvalue weighted by Gasteiger charge is -2.03. The standard InChI is InChI=1S/C6H7N3O5S/c7-5-3-4(1-2-6(5)10)15(13,14)8-9(11)12/h1-3,8,10H,7H2. The van der Waals surface area contributed by atoms with Crippen LogP contribution >= 0.6 is 0 Å². The van der Waals surface area contributed by atoms with Crippen LogP contribution in [0.2, 0.25) is 0 Å². The van der Waals surface area contributed by atoms with E-state index in [1.165, 1.54) is 0 Å². The summed E-state index contributed by atoms with van der Waals surface area (Å²) in [6.07, 6.45) is 0. The van der Waals surface area contributed by atoms with Gasteiger partial charge in [0.15, 0.2) is 5.03 Å². The number of anilines is 1. The van der Waals surface area contributed by atoms with Gasteiger partial charge in [0.1, 0.15) is 5.75 Å². The fraction of sp³-hybridized carbons (Fsp3) is 0. The zero-order valence-electron chi connectivity index (χ0n) is 7.25. The van der Waals surface area contributed by atoms with E-state index in [2.05, 4.69) is 0 Å². The van der Waals surface area contributed by atoms with Gasteiger partial charge in [0.05, 0.1) is 10.6 Å².